The molecule has 5 unspecified atom stereocenters. The van der Waals surface area contributed by atoms with Gasteiger partial charge in [0.25, 0.3) is 5.91 Å². The molecule has 4 fully saturated rings. The van der Waals surface area contributed by atoms with Crippen LogP contribution in [-0.2, 0) is 19.2 Å². The monoisotopic (exact) mass is 454 g/mol. The molecule has 4 aliphatic rings. The summed E-state index contributed by atoms with van der Waals surface area (Å²) in [6.07, 6.45) is 3.32. The zero-order valence-electron chi connectivity index (χ0n) is 18.5. The van der Waals surface area contributed by atoms with Crippen LogP contribution >= 0.6 is 0 Å². The minimum atomic E-state index is -1.32. The van der Waals surface area contributed by atoms with E-state index in [-0.39, 0.29) is 42.6 Å². The molecule has 0 bridgehead atoms. The van der Waals surface area contributed by atoms with Gasteiger partial charge in [0.1, 0.15) is 12.1 Å². The lowest BCUT2D eigenvalue weighted by molar-refractivity contribution is -0.146. The highest BCUT2D eigenvalue weighted by Crippen LogP contribution is 2.33. The average molecular weight is 455 g/mol. The van der Waals surface area contributed by atoms with Gasteiger partial charge in [-0.05, 0) is 31.2 Å². The molecule has 3 aliphatic heterocycles. The predicted molar refractivity (Wildman–Crippen MR) is 117 cm³/mol. The van der Waals surface area contributed by atoms with E-state index in [0.29, 0.717) is 18.5 Å². The first kappa shape index (κ1) is 21.9. The number of fused-ring (bicyclic) bond motifs is 2. The van der Waals surface area contributed by atoms with Crippen molar-refractivity contribution in [2.75, 3.05) is 13.1 Å². The van der Waals surface area contributed by atoms with Crippen LogP contribution in [0.1, 0.15) is 50.2 Å². The van der Waals surface area contributed by atoms with Crippen molar-refractivity contribution in [2.45, 2.75) is 68.8 Å². The van der Waals surface area contributed by atoms with Gasteiger partial charge in [-0.2, -0.15) is 0 Å². The van der Waals surface area contributed by atoms with E-state index in [1.54, 1.807) is 35.2 Å². The van der Waals surface area contributed by atoms with E-state index in [1.165, 1.54) is 4.90 Å². The maximum absolute atomic E-state index is 13.5. The second kappa shape index (κ2) is 8.78. The third-order valence-corrected chi connectivity index (χ3v) is 7.56. The number of likely N-dealkylation sites (tertiary alicyclic amines) is 1. The Morgan fingerprint density at radius 2 is 1.82 bits per heavy atom. The van der Waals surface area contributed by atoms with Crippen molar-refractivity contribution in [3.05, 3.63) is 35.9 Å². The molecule has 9 nitrogen and oxygen atoms in total. The number of hydrogen-bond acceptors (Lipinski definition) is 5. The molecule has 0 spiro atoms. The van der Waals surface area contributed by atoms with Crippen LogP contribution < -0.4 is 10.6 Å². The van der Waals surface area contributed by atoms with Gasteiger partial charge in [0, 0.05) is 25.0 Å². The summed E-state index contributed by atoms with van der Waals surface area (Å²) in [5.41, 5.74) is 0.478. The molecule has 1 aromatic rings. The highest BCUT2D eigenvalue weighted by molar-refractivity contribution is 5.97. The van der Waals surface area contributed by atoms with Crippen molar-refractivity contribution in [2.24, 2.45) is 5.92 Å². The molecule has 3 saturated heterocycles. The lowest BCUT2D eigenvalue weighted by Crippen LogP contribution is -2.53. The van der Waals surface area contributed by atoms with Gasteiger partial charge in [0.15, 0.2) is 6.10 Å². The van der Waals surface area contributed by atoms with E-state index >= 15 is 0 Å². The number of aliphatic hydroxyl groups excluding tert-OH is 1. The van der Waals surface area contributed by atoms with Crippen LogP contribution in [0.4, 0.5) is 0 Å². The van der Waals surface area contributed by atoms with Crippen molar-refractivity contribution >= 4 is 23.6 Å². The molecule has 3 heterocycles. The fraction of sp³-hybridized carbons (Fsp3) is 0.583. The van der Waals surface area contributed by atoms with E-state index < -0.39 is 30.1 Å². The van der Waals surface area contributed by atoms with Gasteiger partial charge in [-0.3, -0.25) is 19.2 Å². The van der Waals surface area contributed by atoms with Gasteiger partial charge in [-0.15, -0.1) is 0 Å². The van der Waals surface area contributed by atoms with Crippen LogP contribution in [0, 0.1) is 5.92 Å². The Balaban J connectivity index is 1.29. The molecular weight excluding hydrogens is 424 g/mol. The van der Waals surface area contributed by atoms with Crippen molar-refractivity contribution < 1.29 is 24.3 Å². The number of aliphatic hydroxyl groups is 1. The number of benzene rings is 1. The summed E-state index contributed by atoms with van der Waals surface area (Å²) in [6, 6.07) is 6.42. The highest BCUT2D eigenvalue weighted by atomic mass is 16.3. The van der Waals surface area contributed by atoms with E-state index in [0.717, 1.165) is 25.7 Å². The summed E-state index contributed by atoms with van der Waals surface area (Å²) < 4.78 is 0. The van der Waals surface area contributed by atoms with Gasteiger partial charge in [0.2, 0.25) is 17.7 Å². The Morgan fingerprint density at radius 3 is 2.55 bits per heavy atom. The van der Waals surface area contributed by atoms with E-state index in [9.17, 15) is 24.3 Å². The number of nitrogens with one attached hydrogen (secondary N) is 2. The minimum absolute atomic E-state index is 0.0242. The van der Waals surface area contributed by atoms with Crippen LogP contribution in [0.5, 0.6) is 0 Å². The van der Waals surface area contributed by atoms with Gasteiger partial charge in [0.05, 0.1) is 6.04 Å². The van der Waals surface area contributed by atoms with Crippen molar-refractivity contribution in [1.82, 2.24) is 20.4 Å². The van der Waals surface area contributed by atoms with Gasteiger partial charge >= 0.3 is 0 Å². The topological polar surface area (TPSA) is 119 Å². The largest absolute Gasteiger partial charge is 0.378 e. The third kappa shape index (κ3) is 3.99. The predicted octanol–water partition coefficient (Wildman–Crippen LogP) is 0.0952. The molecule has 0 radical (unpaired) electrons. The van der Waals surface area contributed by atoms with Gasteiger partial charge in [-0.25, -0.2) is 0 Å². The SMILES string of the molecule is O=C(NC1CC2C(=O)NC3CCN(C(=O)C4CCCC4)C3C(=O)N2C1)C(O)c1ccccc1. The van der Waals surface area contributed by atoms with Gasteiger partial charge in [-0.1, -0.05) is 43.2 Å². The molecule has 5 atom stereocenters. The summed E-state index contributed by atoms with van der Waals surface area (Å²) in [5, 5.41) is 16.1. The molecule has 1 aliphatic carbocycles. The Hall–Kier alpha value is -2.94. The summed E-state index contributed by atoms with van der Waals surface area (Å²) in [7, 11) is 0. The van der Waals surface area contributed by atoms with Crippen LogP contribution in [0.25, 0.3) is 0 Å². The molecule has 5 rings (SSSR count). The molecule has 176 valence electrons. The lowest BCUT2D eigenvalue weighted by atomic mass is 10.0. The number of hydrogen-bond donors (Lipinski definition) is 3. The Kier molecular flexibility index (Phi) is 5.82. The molecular formula is C24H30N4O5. The maximum atomic E-state index is 13.5. The number of carbonyl (C=O) groups excluding carboxylic acids is 4. The molecule has 3 N–H and O–H groups in total. The van der Waals surface area contributed by atoms with Crippen molar-refractivity contribution in [3.63, 3.8) is 0 Å². The second-order valence-electron chi connectivity index (χ2n) is 9.62. The number of rotatable bonds is 4. The standard InChI is InChI=1S/C24H30N4O5/c29-20(14-6-2-1-3-7-14)22(31)25-16-12-18-21(30)26-17-10-11-27(19(17)24(33)28(18)13-16)23(32)15-8-4-5-9-15/h1-3,6-7,15-20,29H,4-5,8-13H2,(H,25,31)(H,26,30). The molecule has 0 aromatic heterocycles. The highest BCUT2D eigenvalue weighted by Gasteiger charge is 2.53. The number of amides is 4. The van der Waals surface area contributed by atoms with Crippen LogP contribution in [0.2, 0.25) is 0 Å². The first-order chi connectivity index (χ1) is 15.9. The normalized spacial score (nSPS) is 30.5. The molecule has 1 aromatic carbocycles. The van der Waals surface area contributed by atoms with E-state index in [2.05, 4.69) is 10.6 Å². The fourth-order valence-corrected chi connectivity index (χ4v) is 5.85. The van der Waals surface area contributed by atoms with E-state index in [1.807, 2.05) is 0 Å². The summed E-state index contributed by atoms with van der Waals surface area (Å²) in [4.78, 5) is 55.4. The first-order valence-electron chi connectivity index (χ1n) is 11.9. The molecule has 9 heteroatoms. The number of nitrogens with zero attached hydrogens (tertiary/aromatic N) is 2. The van der Waals surface area contributed by atoms with Crippen LogP contribution in [-0.4, -0.2) is 75.8 Å². The minimum Gasteiger partial charge on any atom is -0.378 e. The number of carbonyl (C=O) groups is 4. The smallest absolute Gasteiger partial charge is 0.253 e. The average Bonchev–Trinajstić information content (AvgIpc) is 3.57. The zero-order valence-corrected chi connectivity index (χ0v) is 18.5. The molecule has 4 amide bonds. The maximum Gasteiger partial charge on any atom is 0.253 e. The first-order valence-corrected chi connectivity index (χ1v) is 11.9. The van der Waals surface area contributed by atoms with Crippen molar-refractivity contribution in [3.8, 4) is 0 Å². The second-order valence-corrected chi connectivity index (χ2v) is 9.62. The molecule has 1 saturated carbocycles. The van der Waals surface area contributed by atoms with Crippen LogP contribution in [0.15, 0.2) is 30.3 Å². The lowest BCUT2D eigenvalue weighted by Gasteiger charge is -2.31. The Bertz CT molecular complexity index is 947. The quantitative estimate of drug-likeness (QED) is 0.596. The Morgan fingerprint density at radius 1 is 1.09 bits per heavy atom. The van der Waals surface area contributed by atoms with Crippen LogP contribution in [0.3, 0.4) is 0 Å². The zero-order chi connectivity index (χ0) is 23.1. The fourth-order valence-electron chi connectivity index (χ4n) is 5.85. The molecule has 33 heavy (non-hydrogen) atoms. The summed E-state index contributed by atoms with van der Waals surface area (Å²) >= 11 is 0. The summed E-state index contributed by atoms with van der Waals surface area (Å²) in [5.74, 6) is -1.04. The summed E-state index contributed by atoms with van der Waals surface area (Å²) in [6.45, 7) is 0.650. The van der Waals surface area contributed by atoms with Gasteiger partial charge < -0.3 is 25.5 Å². The van der Waals surface area contributed by atoms with E-state index in [4.69, 9.17) is 0 Å². The van der Waals surface area contributed by atoms with Crippen molar-refractivity contribution in [1.29, 1.82) is 0 Å². The third-order valence-electron chi connectivity index (χ3n) is 7.56. The Labute approximate surface area is 192 Å².